The zero-order valence-electron chi connectivity index (χ0n) is 12.6. The van der Waals surface area contributed by atoms with E-state index in [0.717, 1.165) is 12.8 Å². The van der Waals surface area contributed by atoms with Crippen molar-refractivity contribution in [1.82, 2.24) is 4.90 Å². The molecule has 0 fully saturated rings. The molecule has 1 atom stereocenters. The van der Waals surface area contributed by atoms with E-state index in [1.54, 1.807) is 24.3 Å². The second-order valence-electron chi connectivity index (χ2n) is 5.04. The Hall–Kier alpha value is -1.90. The van der Waals surface area contributed by atoms with Crippen molar-refractivity contribution in [2.24, 2.45) is 0 Å². The fourth-order valence-corrected chi connectivity index (χ4v) is 2.87. The molecule has 20 heavy (non-hydrogen) atoms. The summed E-state index contributed by atoms with van der Waals surface area (Å²) in [5.74, 6) is -0.288. The highest BCUT2D eigenvalue weighted by Crippen LogP contribution is 2.34. The van der Waals surface area contributed by atoms with Crippen molar-refractivity contribution >= 4 is 11.8 Å². The predicted octanol–water partition coefficient (Wildman–Crippen LogP) is 3.81. The smallest absolute Gasteiger partial charge is 0.262 e. The summed E-state index contributed by atoms with van der Waals surface area (Å²) in [6.07, 6.45) is 1.84. The van der Waals surface area contributed by atoms with Crippen LogP contribution in [-0.2, 0) is 0 Å². The van der Waals surface area contributed by atoms with Crippen molar-refractivity contribution < 1.29 is 9.59 Å². The number of imide groups is 1. The Morgan fingerprint density at radius 2 is 1.50 bits per heavy atom. The maximum atomic E-state index is 12.3. The van der Waals surface area contributed by atoms with Crippen molar-refractivity contribution in [3.63, 3.8) is 0 Å². The third kappa shape index (κ3) is 2.07. The Morgan fingerprint density at radius 3 is 1.90 bits per heavy atom. The zero-order valence-corrected chi connectivity index (χ0v) is 12.6. The molecule has 1 aromatic rings. The molecule has 2 amide bonds. The van der Waals surface area contributed by atoms with Gasteiger partial charge in [-0.25, -0.2) is 0 Å². The van der Waals surface area contributed by atoms with Gasteiger partial charge in [0.15, 0.2) is 0 Å². The summed E-state index contributed by atoms with van der Waals surface area (Å²) < 4.78 is 0. The molecule has 3 rings (SSSR count). The molecule has 0 bridgehead atoms. The van der Waals surface area contributed by atoms with Crippen molar-refractivity contribution in [1.29, 1.82) is 0 Å². The van der Waals surface area contributed by atoms with E-state index in [0.29, 0.717) is 11.1 Å². The van der Waals surface area contributed by atoms with Crippen LogP contribution in [0, 0.1) is 0 Å². The number of hydrogen-bond donors (Lipinski definition) is 0. The second kappa shape index (κ2) is 5.61. The molecule has 1 aliphatic carbocycles. The Balaban J connectivity index is 0.000000704. The molecule has 0 aromatic heterocycles. The highest BCUT2D eigenvalue weighted by Gasteiger charge is 2.41. The van der Waals surface area contributed by atoms with Gasteiger partial charge >= 0.3 is 0 Å². The SMILES string of the molecule is CC.CC1=C(C)C(N2C(=O)c3ccccc3C2=O)CC1. The molecule has 0 N–H and O–H groups in total. The molecular weight excluding hydrogens is 250 g/mol. The molecule has 1 unspecified atom stereocenters. The average molecular weight is 271 g/mol. The maximum absolute atomic E-state index is 12.3. The fraction of sp³-hybridized carbons (Fsp3) is 0.412. The molecule has 1 aliphatic heterocycles. The van der Waals surface area contributed by atoms with Gasteiger partial charge in [0, 0.05) is 0 Å². The lowest BCUT2D eigenvalue weighted by Gasteiger charge is -2.23. The van der Waals surface area contributed by atoms with Crippen LogP contribution in [0.2, 0.25) is 0 Å². The van der Waals surface area contributed by atoms with Crippen molar-refractivity contribution in [3.05, 3.63) is 46.5 Å². The van der Waals surface area contributed by atoms with Crippen LogP contribution in [0.3, 0.4) is 0 Å². The lowest BCUT2D eigenvalue weighted by atomic mass is 10.1. The van der Waals surface area contributed by atoms with Crippen molar-refractivity contribution in [2.75, 3.05) is 0 Å². The minimum absolute atomic E-state index is 0.0441. The summed E-state index contributed by atoms with van der Waals surface area (Å²) in [5.41, 5.74) is 3.56. The first-order valence-corrected chi connectivity index (χ1v) is 7.24. The predicted molar refractivity (Wildman–Crippen MR) is 79.7 cm³/mol. The fourth-order valence-electron chi connectivity index (χ4n) is 2.87. The summed E-state index contributed by atoms with van der Waals surface area (Å²) in [6.45, 7) is 8.10. The highest BCUT2D eigenvalue weighted by molar-refractivity contribution is 6.21. The number of amides is 2. The first-order valence-electron chi connectivity index (χ1n) is 7.24. The molecular formula is C17H21NO2. The summed E-state index contributed by atoms with van der Waals surface area (Å²) in [4.78, 5) is 26.1. The molecule has 3 heteroatoms. The lowest BCUT2D eigenvalue weighted by molar-refractivity contribution is 0.0607. The standard InChI is InChI=1S/C15H15NO2.C2H6/c1-9-7-8-13(10(9)2)16-14(17)11-5-3-4-6-12(11)15(16)18;1-2/h3-6,13H,7-8H2,1-2H3;1-2H3. The third-order valence-corrected chi connectivity index (χ3v) is 4.10. The van der Waals surface area contributed by atoms with E-state index in [1.165, 1.54) is 16.0 Å². The first-order chi connectivity index (χ1) is 9.61. The monoisotopic (exact) mass is 271 g/mol. The van der Waals surface area contributed by atoms with Gasteiger partial charge in [-0.1, -0.05) is 37.1 Å². The van der Waals surface area contributed by atoms with Crippen LogP contribution < -0.4 is 0 Å². The third-order valence-electron chi connectivity index (χ3n) is 4.10. The van der Waals surface area contributed by atoms with Gasteiger partial charge in [-0.15, -0.1) is 0 Å². The number of rotatable bonds is 1. The number of fused-ring (bicyclic) bond motifs is 1. The van der Waals surface area contributed by atoms with Gasteiger partial charge in [0.2, 0.25) is 0 Å². The van der Waals surface area contributed by atoms with Gasteiger partial charge in [0.1, 0.15) is 0 Å². The molecule has 106 valence electrons. The summed E-state index contributed by atoms with van der Waals surface area (Å²) in [5, 5.41) is 0. The minimum atomic E-state index is -0.144. The van der Waals surface area contributed by atoms with Crippen LogP contribution in [0.1, 0.15) is 61.3 Å². The van der Waals surface area contributed by atoms with E-state index < -0.39 is 0 Å². The van der Waals surface area contributed by atoms with Crippen LogP contribution in [0.5, 0.6) is 0 Å². The van der Waals surface area contributed by atoms with Gasteiger partial charge in [0.25, 0.3) is 11.8 Å². The molecule has 0 radical (unpaired) electrons. The lowest BCUT2D eigenvalue weighted by Crippen LogP contribution is -2.39. The van der Waals surface area contributed by atoms with E-state index in [9.17, 15) is 9.59 Å². The Labute approximate surface area is 120 Å². The average Bonchev–Trinajstić information content (AvgIpc) is 2.93. The molecule has 1 aromatic carbocycles. The van der Waals surface area contributed by atoms with Gasteiger partial charge in [-0.2, -0.15) is 0 Å². The van der Waals surface area contributed by atoms with Crippen LogP contribution in [0.25, 0.3) is 0 Å². The van der Waals surface area contributed by atoms with Crippen LogP contribution >= 0.6 is 0 Å². The van der Waals surface area contributed by atoms with Crippen LogP contribution in [0.15, 0.2) is 35.4 Å². The van der Waals surface area contributed by atoms with Crippen molar-refractivity contribution in [2.45, 2.75) is 46.6 Å². The molecule has 0 saturated heterocycles. The minimum Gasteiger partial charge on any atom is -0.269 e. The van der Waals surface area contributed by atoms with E-state index in [2.05, 4.69) is 6.92 Å². The molecule has 2 aliphatic rings. The van der Waals surface area contributed by atoms with Gasteiger partial charge in [-0.05, 0) is 38.8 Å². The molecule has 3 nitrogen and oxygen atoms in total. The maximum Gasteiger partial charge on any atom is 0.262 e. The normalized spacial score (nSPS) is 21.0. The zero-order chi connectivity index (χ0) is 14.9. The highest BCUT2D eigenvalue weighted by atomic mass is 16.2. The van der Waals surface area contributed by atoms with Gasteiger partial charge in [0.05, 0.1) is 17.2 Å². The molecule has 1 heterocycles. The second-order valence-corrected chi connectivity index (χ2v) is 5.04. The van der Waals surface area contributed by atoms with Crippen LogP contribution in [0.4, 0.5) is 0 Å². The number of allylic oxidation sites excluding steroid dienone is 1. The van der Waals surface area contributed by atoms with Gasteiger partial charge < -0.3 is 0 Å². The number of carbonyl (C=O) groups is 2. The number of benzene rings is 1. The van der Waals surface area contributed by atoms with Crippen molar-refractivity contribution in [3.8, 4) is 0 Å². The largest absolute Gasteiger partial charge is 0.269 e. The van der Waals surface area contributed by atoms with E-state index in [-0.39, 0.29) is 17.9 Å². The quantitative estimate of drug-likeness (QED) is 0.575. The Kier molecular flexibility index (Phi) is 4.07. The van der Waals surface area contributed by atoms with Gasteiger partial charge in [-0.3, -0.25) is 14.5 Å². The summed E-state index contributed by atoms with van der Waals surface area (Å²) in [6, 6.07) is 7.02. The van der Waals surface area contributed by atoms with E-state index >= 15 is 0 Å². The topological polar surface area (TPSA) is 37.4 Å². The number of hydrogen-bond acceptors (Lipinski definition) is 2. The summed E-state index contributed by atoms with van der Waals surface area (Å²) in [7, 11) is 0. The molecule has 0 saturated carbocycles. The molecule has 0 spiro atoms. The van der Waals surface area contributed by atoms with E-state index in [1.807, 2.05) is 20.8 Å². The van der Waals surface area contributed by atoms with E-state index in [4.69, 9.17) is 0 Å². The summed E-state index contributed by atoms with van der Waals surface area (Å²) >= 11 is 0. The first kappa shape index (κ1) is 14.5. The van der Waals surface area contributed by atoms with Crippen LogP contribution in [-0.4, -0.2) is 22.8 Å². The Morgan fingerprint density at radius 1 is 1.00 bits per heavy atom. The Bertz CT molecular complexity index is 551. The number of carbonyl (C=O) groups excluding carboxylic acids is 2. The number of nitrogens with zero attached hydrogens (tertiary/aromatic N) is 1.